The van der Waals surface area contributed by atoms with Crippen molar-refractivity contribution in [2.45, 2.75) is 39.2 Å². The Hall–Kier alpha value is -2.62. The maximum atomic E-state index is 12.1. The predicted molar refractivity (Wildman–Crippen MR) is 85.9 cm³/mol. The SMILES string of the molecule is Cc1ccc([N+](=O)[O-])c(C)c1NCC(=O)NC(C)(C#N)C1CC1. The standard InChI is InChI=1S/C16H20N4O3/c1-10-4-7-13(20(22)23)11(2)15(10)18-8-14(21)19-16(3,9-17)12-5-6-12/h4,7,12,18H,5-6,8H2,1-3H3,(H,19,21). The third kappa shape index (κ3) is 3.59. The average Bonchev–Trinajstić information content (AvgIpc) is 3.31. The molecule has 1 amide bonds. The molecule has 2 N–H and O–H groups in total. The molecule has 2 rings (SSSR count). The minimum atomic E-state index is -0.842. The van der Waals surface area contributed by atoms with Crippen LogP contribution in [0.15, 0.2) is 12.1 Å². The molecule has 0 aliphatic heterocycles. The summed E-state index contributed by atoms with van der Waals surface area (Å²) < 4.78 is 0. The fourth-order valence-electron chi connectivity index (χ4n) is 2.69. The van der Waals surface area contributed by atoms with Gasteiger partial charge in [-0.25, -0.2) is 0 Å². The van der Waals surface area contributed by atoms with Crippen molar-refractivity contribution in [3.8, 4) is 6.07 Å². The first-order valence-corrected chi connectivity index (χ1v) is 7.49. The lowest BCUT2D eigenvalue weighted by atomic mass is 9.98. The van der Waals surface area contributed by atoms with Crippen LogP contribution in [0.1, 0.15) is 30.9 Å². The summed E-state index contributed by atoms with van der Waals surface area (Å²) in [5, 5.41) is 26.0. The number of benzene rings is 1. The zero-order valence-electron chi connectivity index (χ0n) is 13.5. The fourth-order valence-corrected chi connectivity index (χ4v) is 2.69. The van der Waals surface area contributed by atoms with Crippen LogP contribution in [0.25, 0.3) is 0 Å². The molecule has 1 aliphatic rings. The number of anilines is 1. The van der Waals surface area contributed by atoms with Gasteiger partial charge in [-0.1, -0.05) is 6.07 Å². The summed E-state index contributed by atoms with van der Waals surface area (Å²) in [5.74, 6) is -0.0935. The van der Waals surface area contributed by atoms with Crippen LogP contribution in [0.3, 0.4) is 0 Å². The number of nitro groups is 1. The number of carbonyl (C=O) groups excluding carboxylic acids is 1. The molecule has 0 heterocycles. The van der Waals surface area contributed by atoms with Gasteiger partial charge in [0.1, 0.15) is 5.54 Å². The second kappa shape index (κ2) is 6.24. The Labute approximate surface area is 134 Å². The number of nitrogens with one attached hydrogen (secondary N) is 2. The van der Waals surface area contributed by atoms with E-state index in [0.29, 0.717) is 11.3 Å². The van der Waals surface area contributed by atoms with Gasteiger partial charge in [-0.3, -0.25) is 14.9 Å². The summed E-state index contributed by atoms with van der Waals surface area (Å²) in [6.45, 7) is 5.16. The van der Waals surface area contributed by atoms with E-state index in [0.717, 1.165) is 18.4 Å². The van der Waals surface area contributed by atoms with Crippen molar-refractivity contribution in [2.24, 2.45) is 5.92 Å². The minimum absolute atomic E-state index is 0.0124. The molecule has 1 atom stereocenters. The second-order valence-corrected chi connectivity index (χ2v) is 6.15. The molecule has 0 radical (unpaired) electrons. The third-order valence-corrected chi connectivity index (χ3v) is 4.29. The molecule has 1 aromatic rings. The van der Waals surface area contributed by atoms with Crippen molar-refractivity contribution in [1.29, 1.82) is 5.26 Å². The van der Waals surface area contributed by atoms with E-state index in [1.165, 1.54) is 6.07 Å². The molecular formula is C16H20N4O3. The quantitative estimate of drug-likeness (QED) is 0.619. The molecule has 0 saturated heterocycles. The minimum Gasteiger partial charge on any atom is -0.376 e. The maximum Gasteiger partial charge on any atom is 0.274 e. The lowest BCUT2D eigenvalue weighted by Gasteiger charge is -2.23. The van der Waals surface area contributed by atoms with Gasteiger partial charge >= 0.3 is 0 Å². The van der Waals surface area contributed by atoms with Crippen LogP contribution in [-0.2, 0) is 4.79 Å². The molecule has 1 aromatic carbocycles. The van der Waals surface area contributed by atoms with E-state index in [1.807, 2.05) is 6.92 Å². The molecule has 0 bridgehead atoms. The number of amides is 1. The smallest absolute Gasteiger partial charge is 0.274 e. The molecule has 1 fully saturated rings. The van der Waals surface area contributed by atoms with E-state index in [4.69, 9.17) is 0 Å². The van der Waals surface area contributed by atoms with Crippen LogP contribution in [0.5, 0.6) is 0 Å². The van der Waals surface area contributed by atoms with Crippen LogP contribution in [0.2, 0.25) is 0 Å². The average molecular weight is 316 g/mol. The molecule has 7 nitrogen and oxygen atoms in total. The van der Waals surface area contributed by atoms with Gasteiger partial charge in [0.15, 0.2) is 0 Å². The molecule has 23 heavy (non-hydrogen) atoms. The largest absolute Gasteiger partial charge is 0.376 e. The lowest BCUT2D eigenvalue weighted by molar-refractivity contribution is -0.385. The van der Waals surface area contributed by atoms with Crippen molar-refractivity contribution in [3.05, 3.63) is 33.4 Å². The van der Waals surface area contributed by atoms with E-state index < -0.39 is 10.5 Å². The Balaban J connectivity index is 2.06. The Kier molecular flexibility index (Phi) is 4.55. The molecule has 0 spiro atoms. The van der Waals surface area contributed by atoms with Crippen molar-refractivity contribution >= 4 is 17.3 Å². The maximum absolute atomic E-state index is 12.1. The first-order chi connectivity index (χ1) is 10.8. The van der Waals surface area contributed by atoms with Crippen molar-refractivity contribution in [3.63, 3.8) is 0 Å². The summed E-state index contributed by atoms with van der Waals surface area (Å²) in [7, 11) is 0. The molecular weight excluding hydrogens is 296 g/mol. The van der Waals surface area contributed by atoms with E-state index in [1.54, 1.807) is 19.9 Å². The van der Waals surface area contributed by atoms with E-state index >= 15 is 0 Å². The third-order valence-electron chi connectivity index (χ3n) is 4.29. The van der Waals surface area contributed by atoms with Crippen molar-refractivity contribution < 1.29 is 9.72 Å². The number of rotatable bonds is 6. The number of nitro benzene ring substituents is 1. The van der Waals surface area contributed by atoms with Crippen LogP contribution in [0.4, 0.5) is 11.4 Å². The number of hydrogen-bond acceptors (Lipinski definition) is 5. The van der Waals surface area contributed by atoms with Gasteiger partial charge in [-0.05, 0) is 45.1 Å². The molecule has 1 aliphatic carbocycles. The van der Waals surface area contributed by atoms with Crippen molar-refractivity contribution in [1.82, 2.24) is 5.32 Å². The first kappa shape index (κ1) is 16.7. The van der Waals surface area contributed by atoms with E-state index in [9.17, 15) is 20.2 Å². The van der Waals surface area contributed by atoms with Crippen LogP contribution in [-0.4, -0.2) is 22.9 Å². The summed E-state index contributed by atoms with van der Waals surface area (Å²) >= 11 is 0. The summed E-state index contributed by atoms with van der Waals surface area (Å²) in [6, 6.07) is 5.27. The van der Waals surface area contributed by atoms with Gasteiger partial charge in [0.05, 0.1) is 23.1 Å². The fraction of sp³-hybridized carbons (Fsp3) is 0.500. The summed E-state index contributed by atoms with van der Waals surface area (Å²) in [4.78, 5) is 22.7. The van der Waals surface area contributed by atoms with Crippen LogP contribution < -0.4 is 10.6 Å². The predicted octanol–water partition coefficient (Wildman–Crippen LogP) is 2.43. The number of aryl methyl sites for hydroxylation is 1. The normalized spacial score (nSPS) is 16.1. The van der Waals surface area contributed by atoms with Gasteiger partial charge in [0.2, 0.25) is 5.91 Å². The van der Waals surface area contributed by atoms with Crippen molar-refractivity contribution in [2.75, 3.05) is 11.9 Å². The zero-order chi connectivity index (χ0) is 17.2. The van der Waals surface area contributed by atoms with Gasteiger partial charge in [-0.15, -0.1) is 0 Å². The first-order valence-electron chi connectivity index (χ1n) is 7.49. The van der Waals surface area contributed by atoms with E-state index in [-0.39, 0.29) is 24.1 Å². The highest BCUT2D eigenvalue weighted by Crippen LogP contribution is 2.39. The molecule has 1 saturated carbocycles. The molecule has 122 valence electrons. The number of hydrogen-bond donors (Lipinski definition) is 2. The van der Waals surface area contributed by atoms with Crippen LogP contribution in [0, 0.1) is 41.2 Å². The highest BCUT2D eigenvalue weighted by Gasteiger charge is 2.42. The number of nitriles is 1. The topological polar surface area (TPSA) is 108 Å². The monoisotopic (exact) mass is 316 g/mol. The highest BCUT2D eigenvalue weighted by molar-refractivity contribution is 5.83. The number of carbonyl (C=O) groups is 1. The molecule has 1 unspecified atom stereocenters. The van der Waals surface area contributed by atoms with Gasteiger partial charge < -0.3 is 10.6 Å². The molecule has 0 aromatic heterocycles. The summed E-state index contributed by atoms with van der Waals surface area (Å²) in [6.07, 6.45) is 1.89. The van der Waals surface area contributed by atoms with Gasteiger partial charge in [0.25, 0.3) is 5.69 Å². The highest BCUT2D eigenvalue weighted by atomic mass is 16.6. The Morgan fingerprint density at radius 3 is 2.65 bits per heavy atom. The Morgan fingerprint density at radius 2 is 2.13 bits per heavy atom. The van der Waals surface area contributed by atoms with Gasteiger partial charge in [0, 0.05) is 11.8 Å². The lowest BCUT2D eigenvalue weighted by Crippen LogP contribution is -2.48. The summed E-state index contributed by atoms with van der Waals surface area (Å²) in [5.41, 5.74) is 1.07. The van der Waals surface area contributed by atoms with E-state index in [2.05, 4.69) is 16.7 Å². The zero-order valence-corrected chi connectivity index (χ0v) is 13.5. The Morgan fingerprint density at radius 1 is 1.48 bits per heavy atom. The van der Waals surface area contributed by atoms with Gasteiger partial charge in [-0.2, -0.15) is 5.26 Å². The Bertz CT molecular complexity index is 691. The molecule has 7 heteroatoms. The second-order valence-electron chi connectivity index (χ2n) is 6.15. The number of nitrogens with zero attached hydrogens (tertiary/aromatic N) is 2. The van der Waals surface area contributed by atoms with Crippen LogP contribution >= 0.6 is 0 Å².